The van der Waals surface area contributed by atoms with Crippen LogP contribution in [0.2, 0.25) is 0 Å². The molecular weight excluding hydrogens is 220 g/mol. The molecule has 0 aliphatic rings. The van der Waals surface area contributed by atoms with Gasteiger partial charge in [0, 0.05) is 13.5 Å². The fraction of sp³-hybridized carbons (Fsp3) is 0.333. The highest BCUT2D eigenvalue weighted by Crippen LogP contribution is 2.02. The first-order valence-electron chi connectivity index (χ1n) is 5.25. The number of hydrogen-bond acceptors (Lipinski definition) is 3. The van der Waals surface area contributed by atoms with Crippen molar-refractivity contribution in [2.45, 2.75) is 12.5 Å². The normalized spacial score (nSPS) is 11.8. The van der Waals surface area contributed by atoms with Crippen LogP contribution in [0.3, 0.4) is 0 Å². The number of primary amides is 1. The minimum atomic E-state index is -0.708. The van der Waals surface area contributed by atoms with Crippen molar-refractivity contribution >= 4 is 11.8 Å². The molecule has 1 atom stereocenters. The van der Waals surface area contributed by atoms with E-state index in [9.17, 15) is 9.59 Å². The van der Waals surface area contributed by atoms with E-state index < -0.39 is 11.9 Å². The molecule has 0 saturated carbocycles. The van der Waals surface area contributed by atoms with Gasteiger partial charge in [-0.2, -0.15) is 0 Å². The highest BCUT2D eigenvalue weighted by Gasteiger charge is 2.18. The molecule has 1 rings (SSSR count). The van der Waals surface area contributed by atoms with Crippen molar-refractivity contribution in [1.82, 2.24) is 5.32 Å². The summed E-state index contributed by atoms with van der Waals surface area (Å²) in [5.41, 5.74) is 6.17. The third-order valence-electron chi connectivity index (χ3n) is 2.24. The number of rotatable bonds is 6. The first-order valence-corrected chi connectivity index (χ1v) is 5.25. The Balaban J connectivity index is 2.61. The molecule has 1 aromatic rings. The number of nitrogens with one attached hydrogen (secondary N) is 1. The van der Waals surface area contributed by atoms with Crippen LogP contribution in [0.5, 0.6) is 0 Å². The quantitative estimate of drug-likeness (QED) is 0.720. The van der Waals surface area contributed by atoms with Crippen LogP contribution in [0.25, 0.3) is 0 Å². The van der Waals surface area contributed by atoms with E-state index in [0.29, 0.717) is 6.42 Å². The minimum absolute atomic E-state index is 0.0848. The highest BCUT2D eigenvalue weighted by atomic mass is 16.5. The molecule has 0 bridgehead atoms. The van der Waals surface area contributed by atoms with Gasteiger partial charge in [-0.1, -0.05) is 30.3 Å². The predicted molar refractivity (Wildman–Crippen MR) is 63.1 cm³/mol. The Morgan fingerprint density at radius 2 is 2.00 bits per heavy atom. The van der Waals surface area contributed by atoms with E-state index in [0.717, 1.165) is 5.56 Å². The Labute approximate surface area is 99.9 Å². The van der Waals surface area contributed by atoms with Gasteiger partial charge in [0.25, 0.3) is 0 Å². The van der Waals surface area contributed by atoms with E-state index in [1.165, 1.54) is 7.11 Å². The zero-order chi connectivity index (χ0) is 12.7. The van der Waals surface area contributed by atoms with Crippen LogP contribution in [-0.4, -0.2) is 31.6 Å². The van der Waals surface area contributed by atoms with Crippen molar-refractivity contribution < 1.29 is 14.3 Å². The molecule has 92 valence electrons. The molecule has 2 amide bonds. The van der Waals surface area contributed by atoms with Crippen LogP contribution in [0.15, 0.2) is 30.3 Å². The summed E-state index contributed by atoms with van der Waals surface area (Å²) in [6.07, 6.45) is 0.381. The van der Waals surface area contributed by atoms with Gasteiger partial charge in [0.2, 0.25) is 11.8 Å². The molecule has 0 aliphatic heterocycles. The summed E-state index contributed by atoms with van der Waals surface area (Å²) in [7, 11) is 1.41. The summed E-state index contributed by atoms with van der Waals surface area (Å²) in [6, 6.07) is 8.65. The van der Waals surface area contributed by atoms with Gasteiger partial charge in [0.05, 0.1) is 0 Å². The Bertz CT molecular complexity index is 379. The van der Waals surface area contributed by atoms with E-state index >= 15 is 0 Å². The number of carbonyl (C=O) groups is 2. The van der Waals surface area contributed by atoms with E-state index in [2.05, 4.69) is 10.1 Å². The lowest BCUT2D eigenvalue weighted by atomic mass is 10.1. The van der Waals surface area contributed by atoms with E-state index in [1.54, 1.807) is 0 Å². The highest BCUT2D eigenvalue weighted by molar-refractivity contribution is 5.87. The number of nitrogens with two attached hydrogens (primary N) is 1. The first-order chi connectivity index (χ1) is 8.13. The Morgan fingerprint density at radius 3 is 2.53 bits per heavy atom. The second kappa shape index (κ2) is 6.65. The summed E-state index contributed by atoms with van der Waals surface area (Å²) in [4.78, 5) is 22.5. The van der Waals surface area contributed by atoms with Crippen molar-refractivity contribution in [1.29, 1.82) is 0 Å². The molecule has 0 aromatic heterocycles. The monoisotopic (exact) mass is 236 g/mol. The van der Waals surface area contributed by atoms with Gasteiger partial charge in [0.1, 0.15) is 12.6 Å². The minimum Gasteiger partial charge on any atom is -0.375 e. The van der Waals surface area contributed by atoms with E-state index in [-0.39, 0.29) is 12.5 Å². The van der Waals surface area contributed by atoms with Crippen LogP contribution in [0.1, 0.15) is 5.56 Å². The van der Waals surface area contributed by atoms with Crippen LogP contribution < -0.4 is 11.1 Å². The van der Waals surface area contributed by atoms with Crippen molar-refractivity contribution in [3.05, 3.63) is 35.9 Å². The summed E-state index contributed by atoms with van der Waals surface area (Å²) in [5, 5.41) is 2.53. The third kappa shape index (κ3) is 4.65. The number of amides is 2. The molecule has 0 unspecified atom stereocenters. The largest absolute Gasteiger partial charge is 0.375 e. The molecule has 5 heteroatoms. The van der Waals surface area contributed by atoms with Gasteiger partial charge < -0.3 is 15.8 Å². The molecule has 0 radical (unpaired) electrons. The fourth-order valence-corrected chi connectivity index (χ4v) is 1.44. The van der Waals surface area contributed by atoms with Gasteiger partial charge in [-0.25, -0.2) is 0 Å². The zero-order valence-electron chi connectivity index (χ0n) is 9.68. The van der Waals surface area contributed by atoms with Gasteiger partial charge >= 0.3 is 0 Å². The lowest BCUT2D eigenvalue weighted by molar-refractivity contribution is -0.129. The molecule has 1 aromatic carbocycles. The summed E-state index contributed by atoms with van der Waals surface area (Å²) in [6.45, 7) is -0.0848. The van der Waals surface area contributed by atoms with Crippen molar-refractivity contribution in [3.8, 4) is 0 Å². The van der Waals surface area contributed by atoms with Crippen LogP contribution in [0.4, 0.5) is 0 Å². The molecule has 5 nitrogen and oxygen atoms in total. The molecule has 17 heavy (non-hydrogen) atoms. The van der Waals surface area contributed by atoms with Gasteiger partial charge in [-0.15, -0.1) is 0 Å². The van der Waals surface area contributed by atoms with E-state index in [1.807, 2.05) is 30.3 Å². The van der Waals surface area contributed by atoms with Gasteiger partial charge in [-0.05, 0) is 5.56 Å². The average molecular weight is 236 g/mol. The SMILES string of the molecule is COCC(=O)N[C@@H](Cc1ccccc1)C(N)=O. The maximum absolute atomic E-state index is 11.3. The lowest BCUT2D eigenvalue weighted by Gasteiger charge is -2.15. The van der Waals surface area contributed by atoms with Crippen LogP contribution >= 0.6 is 0 Å². The smallest absolute Gasteiger partial charge is 0.246 e. The van der Waals surface area contributed by atoms with Crippen LogP contribution in [-0.2, 0) is 20.7 Å². The second-order valence-corrected chi connectivity index (χ2v) is 3.65. The summed E-state index contributed by atoms with van der Waals surface area (Å²) >= 11 is 0. The second-order valence-electron chi connectivity index (χ2n) is 3.65. The number of hydrogen-bond donors (Lipinski definition) is 2. The predicted octanol–water partition coefficient (Wildman–Crippen LogP) is -0.154. The maximum atomic E-state index is 11.3. The van der Waals surface area contributed by atoms with Gasteiger partial charge in [-0.3, -0.25) is 9.59 Å². The third-order valence-corrected chi connectivity index (χ3v) is 2.24. The number of ether oxygens (including phenoxy) is 1. The van der Waals surface area contributed by atoms with Crippen molar-refractivity contribution in [2.24, 2.45) is 5.73 Å². The number of benzene rings is 1. The lowest BCUT2D eigenvalue weighted by Crippen LogP contribution is -2.46. The number of carbonyl (C=O) groups excluding carboxylic acids is 2. The molecule has 0 fully saturated rings. The molecule has 0 aliphatic carbocycles. The topological polar surface area (TPSA) is 81.4 Å². The molecule has 0 spiro atoms. The van der Waals surface area contributed by atoms with Gasteiger partial charge in [0.15, 0.2) is 0 Å². The zero-order valence-corrected chi connectivity index (χ0v) is 9.68. The molecule has 0 heterocycles. The molecule has 3 N–H and O–H groups in total. The standard InChI is InChI=1S/C12H16N2O3/c1-17-8-11(15)14-10(12(13)16)7-9-5-3-2-4-6-9/h2-6,10H,7-8H2,1H3,(H2,13,16)(H,14,15)/t10-/m0/s1. The Morgan fingerprint density at radius 1 is 1.35 bits per heavy atom. The van der Waals surface area contributed by atoms with Crippen LogP contribution in [0, 0.1) is 0 Å². The Hall–Kier alpha value is -1.88. The van der Waals surface area contributed by atoms with E-state index in [4.69, 9.17) is 5.73 Å². The maximum Gasteiger partial charge on any atom is 0.246 e. The first kappa shape index (κ1) is 13.2. The average Bonchev–Trinajstić information content (AvgIpc) is 2.29. The van der Waals surface area contributed by atoms with Crippen molar-refractivity contribution in [2.75, 3.05) is 13.7 Å². The number of methoxy groups -OCH3 is 1. The fourth-order valence-electron chi connectivity index (χ4n) is 1.44. The Kier molecular flexibility index (Phi) is 5.16. The molecule has 0 saturated heterocycles. The summed E-state index contributed by atoms with van der Waals surface area (Å²) in [5.74, 6) is -0.912. The molecular formula is C12H16N2O3. The van der Waals surface area contributed by atoms with Crippen molar-refractivity contribution in [3.63, 3.8) is 0 Å². The summed E-state index contributed by atoms with van der Waals surface area (Å²) < 4.78 is 4.67.